The second-order valence-electron chi connectivity index (χ2n) is 7.92. The van der Waals surface area contributed by atoms with E-state index in [4.69, 9.17) is 11.5 Å². The van der Waals surface area contributed by atoms with Gasteiger partial charge < -0.3 is 11.5 Å². The molecule has 0 saturated carbocycles. The molecule has 162 valence electrons. The molecule has 0 saturated heterocycles. The minimum absolute atomic E-state index is 0. The van der Waals surface area contributed by atoms with Crippen LogP contribution in [-0.2, 0) is 0 Å². The van der Waals surface area contributed by atoms with Crippen LogP contribution >= 0.6 is 24.8 Å². The van der Waals surface area contributed by atoms with Crippen molar-refractivity contribution in [3.05, 3.63) is 0 Å². The Labute approximate surface area is 177 Å². The van der Waals surface area contributed by atoms with Gasteiger partial charge in [-0.1, -0.05) is 104 Å². The van der Waals surface area contributed by atoms with Gasteiger partial charge in [-0.15, -0.1) is 24.8 Å². The fourth-order valence-corrected chi connectivity index (χ4v) is 3.48. The molecule has 4 heteroatoms. The van der Waals surface area contributed by atoms with Crippen LogP contribution in [0.15, 0.2) is 0 Å². The average molecular weight is 414 g/mol. The van der Waals surface area contributed by atoms with Crippen molar-refractivity contribution < 1.29 is 0 Å². The molecular formula is C22H50Cl2N2. The number of halogens is 2. The number of nitrogens with two attached hydrogens (primary N) is 2. The highest BCUT2D eigenvalue weighted by Gasteiger charge is 2.05. The van der Waals surface area contributed by atoms with Crippen molar-refractivity contribution in [2.24, 2.45) is 11.5 Å². The molecule has 0 aliphatic heterocycles. The molecule has 2 unspecified atom stereocenters. The third-order valence-electron chi connectivity index (χ3n) is 5.26. The third-order valence-corrected chi connectivity index (χ3v) is 5.26. The number of unbranched alkanes of at least 4 members (excludes halogenated alkanes) is 11. The van der Waals surface area contributed by atoms with E-state index in [-0.39, 0.29) is 24.8 Å². The van der Waals surface area contributed by atoms with E-state index in [0.717, 1.165) is 0 Å². The van der Waals surface area contributed by atoms with E-state index in [9.17, 15) is 0 Å². The molecular weight excluding hydrogens is 363 g/mol. The molecule has 0 aromatic rings. The summed E-state index contributed by atoms with van der Waals surface area (Å²) in [7, 11) is 0. The zero-order valence-electron chi connectivity index (χ0n) is 17.9. The highest BCUT2D eigenvalue weighted by molar-refractivity contribution is 5.85. The lowest BCUT2D eigenvalue weighted by atomic mass is 9.98. The molecule has 2 atom stereocenters. The molecule has 0 spiro atoms. The summed E-state index contributed by atoms with van der Waals surface area (Å²) in [6, 6.07) is 0.844. The van der Waals surface area contributed by atoms with Crippen LogP contribution in [0, 0.1) is 0 Å². The van der Waals surface area contributed by atoms with E-state index in [2.05, 4.69) is 13.8 Å². The maximum Gasteiger partial charge on any atom is 0.00388 e. The lowest BCUT2D eigenvalue weighted by molar-refractivity contribution is 0.459. The molecule has 0 bridgehead atoms. The standard InChI is InChI=1S/C22H48N2.2ClH/c1-3-5-7-9-11-13-17-21(23)19-15-16-20-22(24)18-14-12-10-8-6-4-2;;/h21-22H,3-20,23-24H2,1-2H3;2*1H. The van der Waals surface area contributed by atoms with Gasteiger partial charge in [-0.05, 0) is 25.7 Å². The van der Waals surface area contributed by atoms with Crippen LogP contribution in [0.1, 0.15) is 129 Å². The SMILES string of the molecule is CCCCCCCCC(N)CCCCC(N)CCCCCCCC.Cl.Cl. The zero-order chi connectivity index (χ0) is 17.9. The van der Waals surface area contributed by atoms with Gasteiger partial charge in [0, 0.05) is 12.1 Å². The predicted molar refractivity (Wildman–Crippen MR) is 125 cm³/mol. The third kappa shape index (κ3) is 24.5. The molecule has 0 aliphatic carbocycles. The largest absolute Gasteiger partial charge is 0.328 e. The van der Waals surface area contributed by atoms with Crippen molar-refractivity contribution in [2.75, 3.05) is 0 Å². The lowest BCUT2D eigenvalue weighted by Crippen LogP contribution is -2.21. The molecule has 26 heavy (non-hydrogen) atoms. The van der Waals surface area contributed by atoms with Crippen molar-refractivity contribution >= 4 is 24.8 Å². The molecule has 0 radical (unpaired) electrons. The van der Waals surface area contributed by atoms with Crippen LogP contribution in [-0.4, -0.2) is 12.1 Å². The van der Waals surface area contributed by atoms with Crippen LogP contribution in [0.3, 0.4) is 0 Å². The Bertz CT molecular complexity index is 216. The van der Waals surface area contributed by atoms with Crippen molar-refractivity contribution in [3.8, 4) is 0 Å². The normalized spacial score (nSPS) is 12.9. The van der Waals surface area contributed by atoms with Crippen molar-refractivity contribution in [2.45, 2.75) is 142 Å². The molecule has 0 amide bonds. The summed E-state index contributed by atoms with van der Waals surface area (Å²) < 4.78 is 0. The number of hydrogen-bond donors (Lipinski definition) is 2. The maximum absolute atomic E-state index is 6.24. The van der Waals surface area contributed by atoms with Gasteiger partial charge in [0.1, 0.15) is 0 Å². The van der Waals surface area contributed by atoms with Crippen molar-refractivity contribution in [1.29, 1.82) is 0 Å². The van der Waals surface area contributed by atoms with Crippen molar-refractivity contribution in [1.82, 2.24) is 0 Å². The van der Waals surface area contributed by atoms with Gasteiger partial charge in [0.2, 0.25) is 0 Å². The second-order valence-corrected chi connectivity index (χ2v) is 7.92. The Hall–Kier alpha value is 0.500. The Balaban J connectivity index is -0.00000264. The molecule has 0 fully saturated rings. The molecule has 0 rings (SSSR count). The van der Waals surface area contributed by atoms with E-state index in [1.165, 1.54) is 116 Å². The van der Waals surface area contributed by atoms with Gasteiger partial charge in [-0.2, -0.15) is 0 Å². The minimum atomic E-state index is 0. The highest BCUT2D eigenvalue weighted by Crippen LogP contribution is 2.14. The van der Waals surface area contributed by atoms with E-state index in [0.29, 0.717) is 12.1 Å². The fourth-order valence-electron chi connectivity index (χ4n) is 3.48. The Morgan fingerprint density at radius 1 is 0.423 bits per heavy atom. The second kappa shape index (κ2) is 25.5. The van der Waals surface area contributed by atoms with Gasteiger partial charge in [0.25, 0.3) is 0 Å². The quantitative estimate of drug-likeness (QED) is 0.215. The summed E-state index contributed by atoms with van der Waals surface area (Å²) >= 11 is 0. The first kappa shape index (κ1) is 31.2. The molecule has 0 aromatic heterocycles. The molecule has 4 N–H and O–H groups in total. The van der Waals surface area contributed by atoms with Crippen LogP contribution in [0.4, 0.5) is 0 Å². The van der Waals surface area contributed by atoms with Gasteiger partial charge in [0.05, 0.1) is 0 Å². The smallest absolute Gasteiger partial charge is 0.00388 e. The summed E-state index contributed by atoms with van der Waals surface area (Å²) in [5.74, 6) is 0. The van der Waals surface area contributed by atoms with Gasteiger partial charge in [0.15, 0.2) is 0 Å². The minimum Gasteiger partial charge on any atom is -0.328 e. The summed E-state index contributed by atoms with van der Waals surface area (Å²) in [6.07, 6.45) is 23.8. The van der Waals surface area contributed by atoms with Crippen LogP contribution in [0.5, 0.6) is 0 Å². The first-order chi connectivity index (χ1) is 11.7. The number of hydrogen-bond acceptors (Lipinski definition) is 2. The Morgan fingerprint density at radius 2 is 0.654 bits per heavy atom. The van der Waals surface area contributed by atoms with Crippen molar-refractivity contribution in [3.63, 3.8) is 0 Å². The summed E-state index contributed by atoms with van der Waals surface area (Å²) in [5.41, 5.74) is 12.5. The molecule has 0 aromatic carbocycles. The first-order valence-electron chi connectivity index (χ1n) is 11.2. The van der Waals surface area contributed by atoms with Gasteiger partial charge in [-0.25, -0.2) is 0 Å². The number of rotatable bonds is 19. The monoisotopic (exact) mass is 412 g/mol. The topological polar surface area (TPSA) is 52.0 Å². The molecule has 2 nitrogen and oxygen atoms in total. The fraction of sp³-hybridized carbons (Fsp3) is 1.00. The average Bonchev–Trinajstić information content (AvgIpc) is 2.58. The highest BCUT2D eigenvalue weighted by atomic mass is 35.5. The van der Waals surface area contributed by atoms with Crippen LogP contribution < -0.4 is 11.5 Å². The van der Waals surface area contributed by atoms with E-state index in [1.54, 1.807) is 0 Å². The van der Waals surface area contributed by atoms with Gasteiger partial charge >= 0.3 is 0 Å². The predicted octanol–water partition coefficient (Wildman–Crippen LogP) is 7.55. The molecule has 0 heterocycles. The Kier molecular flexibility index (Phi) is 30.6. The zero-order valence-corrected chi connectivity index (χ0v) is 19.5. The summed E-state index contributed by atoms with van der Waals surface area (Å²) in [6.45, 7) is 4.55. The van der Waals surface area contributed by atoms with Crippen LogP contribution in [0.25, 0.3) is 0 Å². The Morgan fingerprint density at radius 3 is 0.962 bits per heavy atom. The van der Waals surface area contributed by atoms with E-state index < -0.39 is 0 Å². The van der Waals surface area contributed by atoms with E-state index >= 15 is 0 Å². The van der Waals surface area contributed by atoms with E-state index in [1.807, 2.05) is 0 Å². The summed E-state index contributed by atoms with van der Waals surface area (Å²) in [4.78, 5) is 0. The lowest BCUT2D eigenvalue weighted by Gasteiger charge is -2.14. The van der Waals surface area contributed by atoms with Crippen LogP contribution in [0.2, 0.25) is 0 Å². The molecule has 0 aliphatic rings. The maximum atomic E-state index is 6.24. The first-order valence-corrected chi connectivity index (χ1v) is 11.2. The van der Waals surface area contributed by atoms with Gasteiger partial charge in [-0.3, -0.25) is 0 Å². The summed E-state index contributed by atoms with van der Waals surface area (Å²) in [5, 5.41) is 0.